The highest BCUT2D eigenvalue weighted by atomic mass is 32.2. The second kappa shape index (κ2) is 5.86. The van der Waals surface area contributed by atoms with Crippen molar-refractivity contribution in [3.05, 3.63) is 42.7 Å². The van der Waals surface area contributed by atoms with Gasteiger partial charge < -0.3 is 5.32 Å². The highest BCUT2D eigenvalue weighted by Crippen LogP contribution is 2.26. The first-order valence-electron chi connectivity index (χ1n) is 6.30. The maximum atomic E-state index is 12.9. The quantitative estimate of drug-likeness (QED) is 0.628. The van der Waals surface area contributed by atoms with Crippen molar-refractivity contribution in [2.45, 2.75) is 16.2 Å². The van der Waals surface area contributed by atoms with Gasteiger partial charge in [-0.1, -0.05) is 6.08 Å². The molecule has 5 nitrogen and oxygen atoms in total. The van der Waals surface area contributed by atoms with Crippen LogP contribution >= 0.6 is 0 Å². The van der Waals surface area contributed by atoms with Gasteiger partial charge in [-0.25, -0.2) is 21.2 Å². The van der Waals surface area contributed by atoms with E-state index in [2.05, 4.69) is 11.9 Å². The Labute approximate surface area is 123 Å². The van der Waals surface area contributed by atoms with Gasteiger partial charge in [-0.15, -0.1) is 6.58 Å². The van der Waals surface area contributed by atoms with Gasteiger partial charge in [-0.05, 0) is 24.3 Å². The summed E-state index contributed by atoms with van der Waals surface area (Å²) >= 11 is 0. The van der Waals surface area contributed by atoms with Crippen LogP contribution in [-0.2, 0) is 19.7 Å². The van der Waals surface area contributed by atoms with Gasteiger partial charge in [0.1, 0.15) is 5.82 Å². The third-order valence-electron chi connectivity index (χ3n) is 3.37. The molecular formula is C13H16FNO4S2. The maximum absolute atomic E-state index is 12.9. The molecule has 1 aromatic carbocycles. The average molecular weight is 333 g/mol. The minimum atomic E-state index is -3.85. The van der Waals surface area contributed by atoms with Crippen LogP contribution in [0.25, 0.3) is 0 Å². The van der Waals surface area contributed by atoms with Crippen LogP contribution < -0.4 is 5.32 Å². The first-order valence-corrected chi connectivity index (χ1v) is 9.67. The fraction of sp³-hybridized carbons (Fsp3) is 0.385. The van der Waals surface area contributed by atoms with Gasteiger partial charge in [0, 0.05) is 12.6 Å². The third kappa shape index (κ3) is 3.50. The van der Waals surface area contributed by atoms with E-state index in [4.69, 9.17) is 0 Å². The van der Waals surface area contributed by atoms with Gasteiger partial charge >= 0.3 is 0 Å². The van der Waals surface area contributed by atoms with Crippen molar-refractivity contribution in [2.75, 3.05) is 18.1 Å². The molecule has 0 aliphatic carbocycles. The van der Waals surface area contributed by atoms with E-state index in [9.17, 15) is 21.2 Å². The van der Waals surface area contributed by atoms with Gasteiger partial charge in [-0.2, -0.15) is 0 Å². The van der Waals surface area contributed by atoms with Crippen molar-refractivity contribution in [1.82, 2.24) is 5.32 Å². The van der Waals surface area contributed by atoms with Crippen LogP contribution in [0.4, 0.5) is 4.39 Å². The van der Waals surface area contributed by atoms with Gasteiger partial charge in [0.05, 0.1) is 21.7 Å². The van der Waals surface area contributed by atoms with E-state index in [1.807, 2.05) is 0 Å². The number of nitrogens with one attached hydrogen (secondary N) is 1. The van der Waals surface area contributed by atoms with Crippen LogP contribution in [0, 0.1) is 5.82 Å². The number of sulfone groups is 2. The molecular weight excluding hydrogens is 317 g/mol. The monoisotopic (exact) mass is 333 g/mol. The van der Waals surface area contributed by atoms with E-state index in [0.717, 1.165) is 24.3 Å². The van der Waals surface area contributed by atoms with Crippen molar-refractivity contribution in [2.24, 2.45) is 0 Å². The van der Waals surface area contributed by atoms with Crippen LogP contribution in [0.5, 0.6) is 0 Å². The zero-order valence-corrected chi connectivity index (χ0v) is 12.8. The minimum Gasteiger partial charge on any atom is -0.308 e. The standard InChI is InChI=1S/C13H16FNO4S2/c1-2-7-15-12-8-20(16,17)9-13(12)21(18,19)11-5-3-10(14)4-6-11/h2-6,12-13,15H,1,7-9H2/t12-,13-/m0/s1. The van der Waals surface area contributed by atoms with E-state index in [0.29, 0.717) is 6.54 Å². The zero-order valence-electron chi connectivity index (χ0n) is 11.2. The Morgan fingerprint density at radius 1 is 1.29 bits per heavy atom. The lowest BCUT2D eigenvalue weighted by Crippen LogP contribution is -2.43. The van der Waals surface area contributed by atoms with Gasteiger partial charge in [0.25, 0.3) is 0 Å². The van der Waals surface area contributed by atoms with Gasteiger partial charge in [0.15, 0.2) is 19.7 Å². The maximum Gasteiger partial charge on any atom is 0.183 e. The van der Waals surface area contributed by atoms with Crippen molar-refractivity contribution in [3.63, 3.8) is 0 Å². The second-order valence-corrected chi connectivity index (χ2v) is 9.24. The van der Waals surface area contributed by atoms with E-state index in [1.54, 1.807) is 0 Å². The zero-order chi connectivity index (χ0) is 15.7. The smallest absolute Gasteiger partial charge is 0.183 e. The Balaban J connectivity index is 2.36. The molecule has 116 valence electrons. The highest BCUT2D eigenvalue weighted by Gasteiger charge is 2.45. The van der Waals surface area contributed by atoms with Crippen molar-refractivity contribution in [1.29, 1.82) is 0 Å². The largest absolute Gasteiger partial charge is 0.308 e. The summed E-state index contributed by atoms with van der Waals surface area (Å²) in [5.74, 6) is -1.21. The molecule has 8 heteroatoms. The SMILES string of the molecule is C=CCN[C@H]1CS(=O)(=O)C[C@@H]1S(=O)(=O)c1ccc(F)cc1. The lowest BCUT2D eigenvalue weighted by atomic mass is 10.2. The summed E-state index contributed by atoms with van der Waals surface area (Å²) in [7, 11) is -7.27. The Hall–Kier alpha value is -1.25. The van der Waals surface area contributed by atoms with Gasteiger partial charge in [0.2, 0.25) is 0 Å². The predicted octanol–water partition coefficient (Wildman–Crippen LogP) is 0.541. The number of halogens is 1. The second-order valence-electron chi connectivity index (χ2n) is 4.92. The van der Waals surface area contributed by atoms with Crippen LogP contribution in [0.3, 0.4) is 0 Å². The number of benzene rings is 1. The predicted molar refractivity (Wildman–Crippen MR) is 78.0 cm³/mol. The molecule has 0 aromatic heterocycles. The van der Waals surface area contributed by atoms with E-state index >= 15 is 0 Å². The van der Waals surface area contributed by atoms with Crippen molar-refractivity contribution in [3.8, 4) is 0 Å². The van der Waals surface area contributed by atoms with Crippen LogP contribution in [-0.4, -0.2) is 46.2 Å². The lowest BCUT2D eigenvalue weighted by Gasteiger charge is -2.19. The summed E-state index contributed by atoms with van der Waals surface area (Å²) in [5, 5.41) is 1.80. The molecule has 2 atom stereocenters. The highest BCUT2D eigenvalue weighted by molar-refractivity contribution is 7.96. The van der Waals surface area contributed by atoms with E-state index < -0.39 is 42.5 Å². The Morgan fingerprint density at radius 3 is 2.48 bits per heavy atom. The molecule has 21 heavy (non-hydrogen) atoms. The van der Waals surface area contributed by atoms with Crippen molar-refractivity contribution < 1.29 is 21.2 Å². The van der Waals surface area contributed by atoms with Crippen LogP contribution in [0.15, 0.2) is 41.8 Å². The lowest BCUT2D eigenvalue weighted by molar-refractivity contribution is 0.543. The number of rotatable bonds is 5. The summed E-state index contributed by atoms with van der Waals surface area (Å²) < 4.78 is 61.5. The normalized spacial score (nSPS) is 24.8. The number of hydrogen-bond donors (Lipinski definition) is 1. The average Bonchev–Trinajstić information content (AvgIpc) is 2.73. The molecule has 0 unspecified atom stereocenters. The molecule has 1 fully saturated rings. The molecule has 2 rings (SSSR count). The molecule has 1 heterocycles. The first kappa shape index (κ1) is 16.1. The summed E-state index contributed by atoms with van der Waals surface area (Å²) in [6.07, 6.45) is 1.53. The summed E-state index contributed by atoms with van der Waals surface area (Å²) in [4.78, 5) is -0.0728. The minimum absolute atomic E-state index is 0.0728. The Morgan fingerprint density at radius 2 is 1.90 bits per heavy atom. The molecule has 1 N–H and O–H groups in total. The molecule has 0 saturated carbocycles. The molecule has 1 aliphatic heterocycles. The summed E-state index contributed by atoms with van der Waals surface area (Å²) in [6, 6.07) is 3.70. The molecule has 1 saturated heterocycles. The van der Waals surface area contributed by atoms with E-state index in [1.165, 1.54) is 6.08 Å². The van der Waals surface area contributed by atoms with E-state index in [-0.39, 0.29) is 10.6 Å². The topological polar surface area (TPSA) is 80.3 Å². The molecule has 0 spiro atoms. The third-order valence-corrected chi connectivity index (χ3v) is 7.53. The molecule has 0 radical (unpaired) electrons. The van der Waals surface area contributed by atoms with Crippen LogP contribution in [0.2, 0.25) is 0 Å². The number of hydrogen-bond acceptors (Lipinski definition) is 5. The first-order chi connectivity index (χ1) is 9.76. The Bertz CT molecular complexity index is 726. The molecule has 1 aliphatic rings. The Kier molecular flexibility index (Phi) is 4.50. The molecule has 1 aromatic rings. The molecule has 0 bridgehead atoms. The molecule has 0 amide bonds. The summed E-state index contributed by atoms with van der Waals surface area (Å²) in [5.41, 5.74) is 0. The van der Waals surface area contributed by atoms with Crippen molar-refractivity contribution >= 4 is 19.7 Å². The fourth-order valence-corrected chi connectivity index (χ4v) is 7.06. The fourth-order valence-electron chi connectivity index (χ4n) is 2.35. The van der Waals surface area contributed by atoms with Gasteiger partial charge in [-0.3, -0.25) is 0 Å². The van der Waals surface area contributed by atoms with Crippen LogP contribution in [0.1, 0.15) is 0 Å². The summed E-state index contributed by atoms with van der Waals surface area (Å²) in [6.45, 7) is 3.83.